The number of unbranched alkanes of at least 4 members (excludes halogenated alkanes) is 1. The average molecular weight is 324 g/mol. The Morgan fingerprint density at radius 2 is 1.87 bits per heavy atom. The Labute approximate surface area is 134 Å². The van der Waals surface area contributed by atoms with Gasteiger partial charge in [-0.25, -0.2) is 4.79 Å². The van der Waals surface area contributed by atoms with Crippen molar-refractivity contribution in [3.63, 3.8) is 0 Å². The molecule has 0 radical (unpaired) electrons. The maximum Gasteiger partial charge on any atom is 0.488 e. The Bertz CT molecular complexity index is 508. The summed E-state index contributed by atoms with van der Waals surface area (Å²) in [6.45, 7) is 0.443. The summed E-state index contributed by atoms with van der Waals surface area (Å²) in [5.74, 6) is -1.03. The van der Waals surface area contributed by atoms with Crippen LogP contribution in [0.15, 0.2) is 24.3 Å². The van der Waals surface area contributed by atoms with Gasteiger partial charge in [0, 0.05) is 6.54 Å². The number of ether oxygens (including phenoxy) is 1. The van der Waals surface area contributed by atoms with Gasteiger partial charge in [0.2, 0.25) is 0 Å². The van der Waals surface area contributed by atoms with Gasteiger partial charge in [-0.1, -0.05) is 24.3 Å². The predicted molar refractivity (Wildman–Crippen MR) is 83.9 cm³/mol. The van der Waals surface area contributed by atoms with Crippen LogP contribution in [-0.2, 0) is 16.1 Å². The van der Waals surface area contributed by atoms with E-state index in [0.717, 1.165) is 5.56 Å². The van der Waals surface area contributed by atoms with Crippen LogP contribution in [-0.4, -0.2) is 46.9 Å². The lowest BCUT2D eigenvalue weighted by molar-refractivity contribution is -0.138. The van der Waals surface area contributed by atoms with Crippen molar-refractivity contribution in [3.8, 4) is 0 Å². The van der Waals surface area contributed by atoms with Crippen molar-refractivity contribution >= 4 is 24.6 Å². The fourth-order valence-electron chi connectivity index (χ4n) is 1.79. The summed E-state index contributed by atoms with van der Waals surface area (Å²) in [6, 6.07) is 5.47. The Morgan fingerprint density at radius 3 is 2.43 bits per heavy atom. The zero-order valence-electron chi connectivity index (χ0n) is 12.6. The minimum atomic E-state index is -1.53. The second-order valence-electron chi connectivity index (χ2n) is 5.06. The molecule has 0 saturated carbocycles. The first-order valence-corrected chi connectivity index (χ1v) is 7.24. The van der Waals surface area contributed by atoms with Crippen LogP contribution in [0.2, 0.25) is 0 Å². The van der Waals surface area contributed by atoms with Gasteiger partial charge in [-0.15, -0.1) is 0 Å². The zero-order valence-corrected chi connectivity index (χ0v) is 12.6. The standard InChI is InChI=1S/C14H21BN2O6/c16-12(13(18)19)3-1-2-8-17-14(20)23-9-10-4-6-11(7-5-10)15(21)22/h4-7,12,21-22H,1-3,8-9,16H2,(H,17,20)(H,18,19)/t12-/m0/s1. The van der Waals surface area contributed by atoms with Crippen LogP contribution < -0.4 is 16.5 Å². The maximum absolute atomic E-state index is 11.5. The molecule has 0 heterocycles. The zero-order chi connectivity index (χ0) is 17.2. The number of carboxylic acid groups (broad SMARTS) is 1. The average Bonchev–Trinajstić information content (AvgIpc) is 2.52. The Kier molecular flexibility index (Phi) is 8.10. The molecule has 8 nitrogen and oxygen atoms in total. The van der Waals surface area contributed by atoms with E-state index < -0.39 is 25.2 Å². The molecular weight excluding hydrogens is 303 g/mol. The Hall–Kier alpha value is -2.10. The molecule has 0 unspecified atom stereocenters. The second-order valence-corrected chi connectivity index (χ2v) is 5.06. The number of hydrogen-bond donors (Lipinski definition) is 5. The van der Waals surface area contributed by atoms with E-state index in [1.54, 1.807) is 12.1 Å². The van der Waals surface area contributed by atoms with Crippen LogP contribution >= 0.6 is 0 Å². The number of hydrogen-bond acceptors (Lipinski definition) is 6. The van der Waals surface area contributed by atoms with Gasteiger partial charge in [0.15, 0.2) is 0 Å². The van der Waals surface area contributed by atoms with Crippen LogP contribution in [0.25, 0.3) is 0 Å². The molecule has 1 aromatic carbocycles. The molecule has 0 spiro atoms. The lowest BCUT2D eigenvalue weighted by atomic mass is 9.80. The van der Waals surface area contributed by atoms with E-state index in [4.69, 9.17) is 25.6 Å². The smallest absolute Gasteiger partial charge is 0.480 e. The topological polar surface area (TPSA) is 142 Å². The van der Waals surface area contributed by atoms with Gasteiger partial charge in [-0.2, -0.15) is 0 Å². The first-order chi connectivity index (χ1) is 10.9. The van der Waals surface area contributed by atoms with Gasteiger partial charge < -0.3 is 30.9 Å². The lowest BCUT2D eigenvalue weighted by Gasteiger charge is -2.08. The molecule has 0 bridgehead atoms. The molecule has 0 saturated heterocycles. The van der Waals surface area contributed by atoms with Crippen molar-refractivity contribution in [1.29, 1.82) is 0 Å². The van der Waals surface area contributed by atoms with E-state index in [1.165, 1.54) is 12.1 Å². The van der Waals surface area contributed by atoms with Crippen molar-refractivity contribution in [2.75, 3.05) is 6.54 Å². The number of amides is 1. The minimum absolute atomic E-state index is 0.0670. The normalized spacial score (nSPS) is 11.6. The van der Waals surface area contributed by atoms with Gasteiger partial charge in [-0.3, -0.25) is 4.79 Å². The van der Waals surface area contributed by atoms with Gasteiger partial charge in [0.05, 0.1) is 0 Å². The minimum Gasteiger partial charge on any atom is -0.480 e. The monoisotopic (exact) mass is 324 g/mol. The van der Waals surface area contributed by atoms with E-state index in [1.807, 2.05) is 0 Å². The lowest BCUT2D eigenvalue weighted by Crippen LogP contribution is -2.30. The Morgan fingerprint density at radius 1 is 1.22 bits per heavy atom. The summed E-state index contributed by atoms with van der Waals surface area (Å²) in [4.78, 5) is 22.0. The molecule has 1 rings (SSSR count). The number of carbonyl (C=O) groups is 2. The van der Waals surface area contributed by atoms with Crippen LogP contribution in [0.3, 0.4) is 0 Å². The number of alkyl carbamates (subject to hydrolysis) is 1. The number of benzene rings is 1. The van der Waals surface area contributed by atoms with Crippen molar-refractivity contribution in [2.45, 2.75) is 31.9 Å². The maximum atomic E-state index is 11.5. The fourth-order valence-corrected chi connectivity index (χ4v) is 1.79. The second kappa shape index (κ2) is 9.83. The summed E-state index contributed by atoms with van der Waals surface area (Å²) >= 11 is 0. The molecular formula is C14H21BN2O6. The molecule has 1 amide bonds. The first kappa shape index (κ1) is 19.0. The van der Waals surface area contributed by atoms with Gasteiger partial charge >= 0.3 is 19.2 Å². The molecule has 126 valence electrons. The molecule has 0 fully saturated rings. The predicted octanol–water partition coefficient (Wildman–Crippen LogP) is -0.825. The molecule has 1 atom stereocenters. The number of carbonyl (C=O) groups excluding carboxylic acids is 1. The molecule has 1 aromatic rings. The quantitative estimate of drug-likeness (QED) is 0.295. The van der Waals surface area contributed by atoms with Crippen LogP contribution in [0.4, 0.5) is 4.79 Å². The van der Waals surface area contributed by atoms with Crippen LogP contribution in [0.5, 0.6) is 0 Å². The molecule has 0 aromatic heterocycles. The molecule has 23 heavy (non-hydrogen) atoms. The fraction of sp³-hybridized carbons (Fsp3) is 0.429. The first-order valence-electron chi connectivity index (χ1n) is 7.24. The molecule has 0 aliphatic carbocycles. The number of rotatable bonds is 9. The number of nitrogens with two attached hydrogens (primary N) is 1. The third-order valence-corrected chi connectivity index (χ3v) is 3.18. The molecule has 0 aliphatic rings. The van der Waals surface area contributed by atoms with Crippen molar-refractivity contribution in [2.24, 2.45) is 5.73 Å². The van der Waals surface area contributed by atoms with Crippen molar-refractivity contribution in [1.82, 2.24) is 5.32 Å². The summed E-state index contributed by atoms with van der Waals surface area (Å²) in [7, 11) is -1.53. The SMILES string of the molecule is N[C@@H](CCCCNC(=O)OCc1ccc(B(O)O)cc1)C(=O)O. The highest BCUT2D eigenvalue weighted by atomic mass is 16.5. The highest BCUT2D eigenvalue weighted by Gasteiger charge is 2.11. The highest BCUT2D eigenvalue weighted by molar-refractivity contribution is 6.58. The third-order valence-electron chi connectivity index (χ3n) is 3.18. The van der Waals surface area contributed by atoms with Crippen molar-refractivity contribution < 1.29 is 29.5 Å². The number of aliphatic carboxylic acids is 1. The van der Waals surface area contributed by atoms with E-state index >= 15 is 0 Å². The van der Waals surface area contributed by atoms with Crippen LogP contribution in [0, 0.1) is 0 Å². The number of carboxylic acids is 1. The van der Waals surface area contributed by atoms with Gasteiger partial charge in [0.1, 0.15) is 12.6 Å². The van der Waals surface area contributed by atoms with E-state index in [-0.39, 0.29) is 6.61 Å². The summed E-state index contributed by atoms with van der Waals surface area (Å²) < 4.78 is 5.00. The summed E-state index contributed by atoms with van der Waals surface area (Å²) in [5.41, 5.74) is 6.44. The van der Waals surface area contributed by atoms with E-state index in [2.05, 4.69) is 5.32 Å². The van der Waals surface area contributed by atoms with Crippen LogP contribution in [0.1, 0.15) is 24.8 Å². The highest BCUT2D eigenvalue weighted by Crippen LogP contribution is 2.01. The van der Waals surface area contributed by atoms with E-state index in [0.29, 0.717) is 31.3 Å². The summed E-state index contributed by atoms with van der Waals surface area (Å²) in [6.07, 6.45) is 0.992. The third kappa shape index (κ3) is 7.64. The van der Waals surface area contributed by atoms with Crippen molar-refractivity contribution in [3.05, 3.63) is 29.8 Å². The summed E-state index contributed by atoms with van der Waals surface area (Å²) in [5, 5.41) is 29.1. The van der Waals surface area contributed by atoms with Gasteiger partial charge in [-0.05, 0) is 30.3 Å². The molecule has 0 aliphatic heterocycles. The molecule has 6 N–H and O–H groups in total. The Balaban J connectivity index is 2.16. The number of nitrogens with one attached hydrogen (secondary N) is 1. The largest absolute Gasteiger partial charge is 0.488 e. The van der Waals surface area contributed by atoms with E-state index in [9.17, 15) is 9.59 Å². The molecule has 9 heteroatoms. The van der Waals surface area contributed by atoms with Gasteiger partial charge in [0.25, 0.3) is 0 Å².